The fraction of sp³-hybridized carbons (Fsp3) is 0.250. The molecule has 0 atom stereocenters. The Labute approximate surface area is 70.5 Å². The standard InChI is InChI=1S/C8H8N2S/c1-3-4-11-8-9-5-7(2)6-10-8/h1,5-6H,4H2,2H3. The SMILES string of the molecule is C#CCSc1ncc(C)cn1. The highest BCUT2D eigenvalue weighted by atomic mass is 32.2. The number of rotatable bonds is 2. The van der Waals surface area contributed by atoms with Crippen molar-refractivity contribution in [2.45, 2.75) is 12.1 Å². The van der Waals surface area contributed by atoms with Crippen molar-refractivity contribution < 1.29 is 0 Å². The molecule has 11 heavy (non-hydrogen) atoms. The predicted molar refractivity (Wildman–Crippen MR) is 46.3 cm³/mol. The molecular formula is C8H8N2S. The number of terminal acetylenes is 1. The molecule has 0 saturated heterocycles. The van der Waals surface area contributed by atoms with E-state index in [1.54, 1.807) is 12.4 Å². The topological polar surface area (TPSA) is 25.8 Å². The molecule has 1 aromatic rings. The summed E-state index contributed by atoms with van der Waals surface area (Å²) in [5.74, 6) is 3.14. The molecular weight excluding hydrogens is 156 g/mol. The van der Waals surface area contributed by atoms with Crippen LogP contribution in [0.25, 0.3) is 0 Å². The average Bonchev–Trinajstić information content (AvgIpc) is 2.04. The first-order valence-electron chi connectivity index (χ1n) is 3.18. The van der Waals surface area contributed by atoms with Crippen LogP contribution in [0.3, 0.4) is 0 Å². The van der Waals surface area contributed by atoms with Gasteiger partial charge in [0.1, 0.15) is 0 Å². The van der Waals surface area contributed by atoms with Crippen LogP contribution in [0.15, 0.2) is 17.6 Å². The summed E-state index contributed by atoms with van der Waals surface area (Å²) in [6.07, 6.45) is 8.65. The Morgan fingerprint density at radius 2 is 2.18 bits per heavy atom. The molecule has 1 rings (SSSR count). The summed E-state index contributed by atoms with van der Waals surface area (Å²) in [5, 5.41) is 0.744. The van der Waals surface area contributed by atoms with E-state index >= 15 is 0 Å². The Kier molecular flexibility index (Phi) is 2.94. The fourth-order valence-corrected chi connectivity index (χ4v) is 1.03. The highest BCUT2D eigenvalue weighted by Crippen LogP contribution is 2.09. The van der Waals surface area contributed by atoms with Gasteiger partial charge >= 0.3 is 0 Å². The van der Waals surface area contributed by atoms with E-state index < -0.39 is 0 Å². The van der Waals surface area contributed by atoms with E-state index in [2.05, 4.69) is 15.9 Å². The van der Waals surface area contributed by atoms with Gasteiger partial charge in [-0.15, -0.1) is 6.42 Å². The molecule has 0 aliphatic heterocycles. The maximum atomic E-state index is 5.08. The molecule has 0 fully saturated rings. The van der Waals surface area contributed by atoms with Crippen molar-refractivity contribution in [3.8, 4) is 12.3 Å². The highest BCUT2D eigenvalue weighted by Gasteiger charge is 1.93. The van der Waals surface area contributed by atoms with E-state index in [4.69, 9.17) is 6.42 Å². The summed E-state index contributed by atoms with van der Waals surface area (Å²) in [6.45, 7) is 1.95. The summed E-state index contributed by atoms with van der Waals surface area (Å²) in [7, 11) is 0. The maximum Gasteiger partial charge on any atom is 0.188 e. The van der Waals surface area contributed by atoms with Crippen molar-refractivity contribution in [2.24, 2.45) is 0 Å². The Bertz CT molecular complexity index is 260. The molecule has 0 saturated carbocycles. The molecule has 0 aliphatic carbocycles. The Balaban J connectivity index is 2.60. The first-order valence-corrected chi connectivity index (χ1v) is 4.16. The lowest BCUT2D eigenvalue weighted by molar-refractivity contribution is 0.952. The van der Waals surface area contributed by atoms with Crippen LogP contribution < -0.4 is 0 Å². The first-order chi connectivity index (χ1) is 5.33. The van der Waals surface area contributed by atoms with Crippen molar-refractivity contribution in [1.82, 2.24) is 9.97 Å². The molecule has 56 valence electrons. The molecule has 3 heteroatoms. The largest absolute Gasteiger partial charge is 0.231 e. The second-order valence-electron chi connectivity index (χ2n) is 2.04. The zero-order chi connectivity index (χ0) is 8.10. The lowest BCUT2D eigenvalue weighted by atomic mass is 10.4. The van der Waals surface area contributed by atoms with Crippen LogP contribution in [0, 0.1) is 19.3 Å². The number of hydrogen-bond donors (Lipinski definition) is 0. The molecule has 0 unspecified atom stereocenters. The van der Waals surface area contributed by atoms with Crippen molar-refractivity contribution >= 4 is 11.8 Å². The van der Waals surface area contributed by atoms with Gasteiger partial charge in [0.15, 0.2) is 5.16 Å². The maximum absolute atomic E-state index is 5.08. The quantitative estimate of drug-likeness (QED) is 0.376. The van der Waals surface area contributed by atoms with E-state index in [1.807, 2.05) is 6.92 Å². The van der Waals surface area contributed by atoms with Crippen LogP contribution in [0.2, 0.25) is 0 Å². The Hall–Kier alpha value is -1.01. The predicted octanol–water partition coefficient (Wildman–Crippen LogP) is 1.51. The number of aromatic nitrogens is 2. The minimum atomic E-state index is 0.628. The van der Waals surface area contributed by atoms with Crippen LogP contribution in [0.5, 0.6) is 0 Å². The van der Waals surface area contributed by atoms with Gasteiger partial charge in [-0.1, -0.05) is 17.7 Å². The Morgan fingerprint density at radius 3 is 2.73 bits per heavy atom. The van der Waals surface area contributed by atoms with Gasteiger partial charge < -0.3 is 0 Å². The van der Waals surface area contributed by atoms with Gasteiger partial charge in [0.2, 0.25) is 0 Å². The lowest BCUT2D eigenvalue weighted by Crippen LogP contribution is -1.86. The summed E-state index contributed by atoms with van der Waals surface area (Å²) in [6, 6.07) is 0. The molecule has 0 spiro atoms. The molecule has 1 aromatic heterocycles. The van der Waals surface area contributed by atoms with Crippen molar-refractivity contribution in [2.75, 3.05) is 5.75 Å². The van der Waals surface area contributed by atoms with E-state index in [-0.39, 0.29) is 0 Å². The third-order valence-electron chi connectivity index (χ3n) is 1.04. The number of nitrogens with zero attached hydrogens (tertiary/aromatic N) is 2. The van der Waals surface area contributed by atoms with Gasteiger partial charge in [-0.05, 0) is 12.5 Å². The van der Waals surface area contributed by atoms with Crippen LogP contribution in [-0.2, 0) is 0 Å². The second kappa shape index (κ2) is 3.99. The van der Waals surface area contributed by atoms with Gasteiger partial charge in [0, 0.05) is 12.4 Å². The monoisotopic (exact) mass is 164 g/mol. The van der Waals surface area contributed by atoms with Crippen LogP contribution in [-0.4, -0.2) is 15.7 Å². The third kappa shape index (κ3) is 2.60. The molecule has 1 heterocycles. The second-order valence-corrected chi connectivity index (χ2v) is 2.98. The zero-order valence-corrected chi connectivity index (χ0v) is 7.06. The molecule has 0 N–H and O–H groups in total. The van der Waals surface area contributed by atoms with Crippen molar-refractivity contribution in [1.29, 1.82) is 0 Å². The van der Waals surface area contributed by atoms with Crippen LogP contribution in [0.1, 0.15) is 5.56 Å². The van der Waals surface area contributed by atoms with Gasteiger partial charge in [0.25, 0.3) is 0 Å². The Morgan fingerprint density at radius 1 is 1.55 bits per heavy atom. The first kappa shape index (κ1) is 8.09. The van der Waals surface area contributed by atoms with Crippen LogP contribution in [0.4, 0.5) is 0 Å². The van der Waals surface area contributed by atoms with Gasteiger partial charge in [0.05, 0.1) is 5.75 Å². The molecule has 2 nitrogen and oxygen atoms in total. The van der Waals surface area contributed by atoms with Gasteiger partial charge in [-0.3, -0.25) is 0 Å². The average molecular weight is 164 g/mol. The number of aryl methyl sites for hydroxylation is 1. The smallest absolute Gasteiger partial charge is 0.188 e. The van der Waals surface area contributed by atoms with E-state index in [1.165, 1.54) is 11.8 Å². The summed E-state index contributed by atoms with van der Waals surface area (Å²) in [4.78, 5) is 8.14. The summed E-state index contributed by atoms with van der Waals surface area (Å²) in [5.41, 5.74) is 1.06. The zero-order valence-electron chi connectivity index (χ0n) is 6.24. The summed E-state index contributed by atoms with van der Waals surface area (Å²) >= 11 is 1.47. The van der Waals surface area contributed by atoms with Crippen molar-refractivity contribution in [3.05, 3.63) is 18.0 Å². The number of thioether (sulfide) groups is 1. The summed E-state index contributed by atoms with van der Waals surface area (Å²) < 4.78 is 0. The molecule has 0 aromatic carbocycles. The minimum Gasteiger partial charge on any atom is -0.231 e. The third-order valence-corrected chi connectivity index (χ3v) is 1.82. The molecule has 0 aliphatic rings. The molecule has 0 radical (unpaired) electrons. The van der Waals surface area contributed by atoms with E-state index in [0.29, 0.717) is 5.75 Å². The fourth-order valence-electron chi connectivity index (χ4n) is 0.561. The molecule has 0 bridgehead atoms. The lowest BCUT2D eigenvalue weighted by Gasteiger charge is -1.94. The minimum absolute atomic E-state index is 0.628. The van der Waals surface area contributed by atoms with Gasteiger partial charge in [-0.2, -0.15) is 0 Å². The van der Waals surface area contributed by atoms with Crippen LogP contribution >= 0.6 is 11.8 Å². The van der Waals surface area contributed by atoms with E-state index in [9.17, 15) is 0 Å². The normalized spacial score (nSPS) is 9.09. The molecule has 0 amide bonds. The van der Waals surface area contributed by atoms with E-state index in [0.717, 1.165) is 10.7 Å². The van der Waals surface area contributed by atoms with Crippen molar-refractivity contribution in [3.63, 3.8) is 0 Å². The number of hydrogen-bond acceptors (Lipinski definition) is 3. The highest BCUT2D eigenvalue weighted by molar-refractivity contribution is 7.99. The van der Waals surface area contributed by atoms with Gasteiger partial charge in [-0.25, -0.2) is 9.97 Å².